The van der Waals surface area contributed by atoms with E-state index in [9.17, 15) is 36.3 Å². The van der Waals surface area contributed by atoms with Crippen molar-refractivity contribution in [1.29, 1.82) is 0 Å². The number of aromatic nitrogens is 16. The van der Waals surface area contributed by atoms with E-state index >= 15 is 0 Å². The molecule has 2 fully saturated rings. The summed E-state index contributed by atoms with van der Waals surface area (Å²) >= 11 is 23.0. The minimum absolute atomic E-state index is 0.0277. The summed E-state index contributed by atoms with van der Waals surface area (Å²) in [6, 6.07) is 7.42. The summed E-state index contributed by atoms with van der Waals surface area (Å²) in [6.45, 7) is 74.6. The highest BCUT2D eigenvalue weighted by Crippen LogP contribution is 2.40. The number of nitrogens with zero attached hydrogens (tertiary/aromatic N) is 15. The van der Waals surface area contributed by atoms with E-state index in [1.54, 1.807) is 105 Å². The number of rotatable bonds is 11. The van der Waals surface area contributed by atoms with Crippen LogP contribution in [0.4, 0.5) is 22.0 Å². The summed E-state index contributed by atoms with van der Waals surface area (Å²) < 4.78 is 81.1. The monoisotopic (exact) mass is 2300 g/mol. The van der Waals surface area contributed by atoms with Crippen molar-refractivity contribution in [1.82, 2.24) is 90.2 Å². The van der Waals surface area contributed by atoms with Crippen LogP contribution in [0.1, 0.15) is 372 Å². The number of thiazole rings is 8. The first-order valence-electron chi connectivity index (χ1n) is 48.7. The van der Waals surface area contributed by atoms with Crippen LogP contribution < -0.4 is 49.5 Å². The molecule has 13 heterocycles. The Bertz CT molecular complexity index is 6020. The summed E-state index contributed by atoms with van der Waals surface area (Å²) in [5.41, 5.74) is 13.7. The molecule has 13 aromatic rings. The Morgan fingerprint density at radius 1 is 0.473 bits per heavy atom. The molecule has 26 nitrogen and oxygen atoms in total. The van der Waals surface area contributed by atoms with Gasteiger partial charge in [0, 0.05) is 146 Å². The summed E-state index contributed by atoms with van der Waals surface area (Å²) in [4.78, 5) is 75.1. The number of hydrogen-bond donors (Lipinski definition) is 3. The van der Waals surface area contributed by atoms with Crippen molar-refractivity contribution in [2.75, 3.05) is 13.7 Å². The minimum atomic E-state index is -4.35. The zero-order chi connectivity index (χ0) is 112. The Kier molecular flexibility index (Phi) is 50.3. The number of aryl methyl sites for hydroxylation is 2. The molecule has 2 saturated carbocycles. The van der Waals surface area contributed by atoms with Gasteiger partial charge in [0.05, 0.1) is 25.1 Å². The van der Waals surface area contributed by atoms with Crippen LogP contribution in [-0.2, 0) is 85.0 Å². The van der Waals surface area contributed by atoms with Crippen molar-refractivity contribution in [2.24, 2.45) is 7.05 Å². The molecule has 3 aliphatic rings. The molecule has 0 bridgehead atoms. The Labute approximate surface area is 926 Å². The summed E-state index contributed by atoms with van der Waals surface area (Å²) in [5.74, 6) is 1.03. The Morgan fingerprint density at radius 3 is 1.27 bits per heavy atom. The molecule has 0 radical (unpaired) electrons. The van der Waals surface area contributed by atoms with E-state index in [0.29, 0.717) is 26.0 Å². The first kappa shape index (κ1) is 131. The van der Waals surface area contributed by atoms with Crippen LogP contribution in [0.2, 0.25) is 4.47 Å². The number of benzene rings is 1. The van der Waals surface area contributed by atoms with Gasteiger partial charge in [-0.15, -0.1) is 69.7 Å². The number of fused-ring (bicyclic) bond motifs is 1. The van der Waals surface area contributed by atoms with Gasteiger partial charge in [0.1, 0.15) is 42.8 Å². The molecule has 0 saturated heterocycles. The van der Waals surface area contributed by atoms with Crippen molar-refractivity contribution < 1.29 is 45.8 Å². The third-order valence-electron chi connectivity index (χ3n) is 20.7. The molecule has 0 unspecified atom stereocenters. The first-order chi connectivity index (χ1) is 67.8. The second kappa shape index (κ2) is 56.7. The topological polar surface area (TPSA) is 315 Å². The van der Waals surface area contributed by atoms with E-state index in [4.69, 9.17) is 30.7 Å². The predicted octanol–water partition coefficient (Wildman–Crippen LogP) is 30.6. The molecular formula is C104H158ClF5N18O8S12. The number of alkyl halides is 5. The molecule has 0 spiro atoms. The highest BCUT2D eigenvalue weighted by Gasteiger charge is 2.32. The molecule has 44 heteroatoms. The minimum Gasteiger partial charge on any atom is -0.493 e. The lowest BCUT2D eigenvalue weighted by Crippen LogP contribution is -2.29. The smallest absolute Gasteiger partial charge is 0.406 e. The molecule has 826 valence electrons. The number of H-pyrrole nitrogens is 1. The standard InChI is InChI=1S/C15H17NOS.2C12H20N2OS.C9H12F3NOS.C8H11F2NOS.2C8H13NOS.C7H12N2S.C7H11NOS.C6H9ClN2S.2C6H10N2S/c1-15(2,3)13-9-16-14(18-13)11-4-5-12-10(8-11)6-7-17-12;1-12(2,3)10-8-16-11(13-10)15-14-9-6-4-5-7-9;1-12(2,3)10-8-13-11(16-10)15-14-9-6-4-5-7-9;1-8(2,3)6-4-13(7(14)15-6)5-9(10,11)12;1-8(2,3)5-4-11-7(13-5)12-6(9)10;1-8(2,3)6-5-9-7(10-4)11-6;1-8(2,3)6-5-9(4)7(10)11-6;1-5-8-9-6(10-5)7(2,3)4;1-7(2,3)5-4-8-6(9)10-5;1-6(2,3)4-8-9-5(7)10-4;1-6(2,3)5-8-7-4-9-5;1-6(2,3)5-4-9-8-7-5/h4-5,8-9H,6-7H2,1-3H3;2*8-9,14H,4-7H2,1-3H3;4H,5H2,1-3H3;4,6H,1-3H3;2*5H,1-4H3;1-4H3;4H,1-3H3,(H,8,9);1-3H3;2*4H,1-3H3. The lowest BCUT2D eigenvalue weighted by atomic mass is 9.93. The molecule has 1 aliphatic heterocycles. The van der Waals surface area contributed by atoms with Gasteiger partial charge in [0.25, 0.3) is 20.8 Å². The van der Waals surface area contributed by atoms with E-state index in [1.807, 2.05) is 78.6 Å². The molecule has 0 atom stereocenters. The lowest BCUT2D eigenvalue weighted by Gasteiger charge is -2.14. The number of hydroxylamine groups is 2. The number of halogens is 6. The number of ether oxygens (including phenoxy) is 3. The van der Waals surface area contributed by atoms with Gasteiger partial charge in [-0.05, 0) is 117 Å². The van der Waals surface area contributed by atoms with Crippen LogP contribution in [0.3, 0.4) is 0 Å². The number of nitrogens with one attached hydrogen (secondary N) is 3. The van der Waals surface area contributed by atoms with Crippen LogP contribution in [0, 0.1) is 6.92 Å². The highest BCUT2D eigenvalue weighted by atomic mass is 35.5. The molecule has 16 rings (SSSR count). The molecule has 148 heavy (non-hydrogen) atoms. The normalized spacial score (nSPS) is 13.7. The quantitative estimate of drug-likeness (QED) is 0.0800. The van der Waals surface area contributed by atoms with E-state index in [2.05, 4.69) is 317 Å². The predicted molar refractivity (Wildman–Crippen MR) is 613 cm³/mol. The Hall–Kier alpha value is -7.24. The van der Waals surface area contributed by atoms with Crippen LogP contribution >= 0.6 is 148 Å². The third-order valence-corrected chi connectivity index (χ3v) is 35.3. The molecule has 2 aliphatic carbocycles. The fraction of sp³-hybridized carbons (Fsp3) is 0.635. The summed E-state index contributed by atoms with van der Waals surface area (Å²) in [6.07, 6.45) is 19.1. The van der Waals surface area contributed by atoms with Gasteiger partial charge in [0.15, 0.2) is 0 Å². The second-order valence-electron chi connectivity index (χ2n) is 47.5. The van der Waals surface area contributed by atoms with Crippen LogP contribution in [-0.4, -0.2) is 118 Å². The Balaban J connectivity index is 0.000000286. The average molecular weight is 2300 g/mol. The van der Waals surface area contributed by atoms with E-state index in [1.165, 1.54) is 129 Å². The molecular weight excluding hydrogens is 2140 g/mol. The van der Waals surface area contributed by atoms with E-state index in [-0.39, 0.29) is 79.9 Å². The fourth-order valence-corrected chi connectivity index (χ4v) is 21.5. The van der Waals surface area contributed by atoms with Crippen molar-refractivity contribution in [3.63, 3.8) is 0 Å². The molecule has 12 aromatic heterocycles. The average Bonchev–Trinajstić information content (AvgIpc) is 1.66. The number of methoxy groups -OCH3 is 1. The molecule has 0 amide bonds. The third kappa shape index (κ3) is 48.6. The van der Waals surface area contributed by atoms with Gasteiger partial charge in [0.2, 0.25) is 4.47 Å². The van der Waals surface area contributed by atoms with E-state index < -0.39 is 24.2 Å². The van der Waals surface area contributed by atoms with Gasteiger partial charge >= 0.3 is 27.4 Å². The van der Waals surface area contributed by atoms with Crippen molar-refractivity contribution >= 4 is 148 Å². The summed E-state index contributed by atoms with van der Waals surface area (Å²) in [7, 11) is 3.43. The van der Waals surface area contributed by atoms with Gasteiger partial charge in [-0.3, -0.25) is 19.0 Å². The van der Waals surface area contributed by atoms with Crippen molar-refractivity contribution in [3.05, 3.63) is 182 Å². The number of aromatic amines is 1. The second-order valence-corrected chi connectivity index (χ2v) is 59.6. The highest BCUT2D eigenvalue weighted by molar-refractivity contribution is 7.16. The largest absolute Gasteiger partial charge is 0.493 e. The van der Waals surface area contributed by atoms with Gasteiger partial charge in [-0.2, -0.15) is 32.9 Å². The lowest BCUT2D eigenvalue weighted by molar-refractivity contribution is -0.141. The van der Waals surface area contributed by atoms with Gasteiger partial charge < -0.3 is 33.4 Å². The summed E-state index contributed by atoms with van der Waals surface area (Å²) in [5, 5.41) is 39.0. The van der Waals surface area contributed by atoms with Gasteiger partial charge in [-0.25, -0.2) is 24.9 Å². The van der Waals surface area contributed by atoms with Gasteiger partial charge in [-0.1, -0.05) is 370 Å². The van der Waals surface area contributed by atoms with Crippen LogP contribution in [0.25, 0.3) is 10.6 Å². The SMILES string of the molecule is CC(C)(C)c1c[nH]c(=O)s1.CC(C)(C)c1cn(CC(F)(F)F)c(=O)s1.CC(C)(C)c1cnc(-c2ccc3c(c2)CCO3)s1.CC(C)(C)c1cnc(OC(F)F)s1.CC(C)(C)c1cnc(ONC2CCCC2)s1.CC(C)(C)c1csc(ONC2CCCC2)n1.CC(C)(C)c1csnn1.CC(C)(C)c1nnc(Cl)s1.CC(C)(C)c1nncs1.COc1ncc(C(C)(C)C)s1.Cc1nnc(C(C)(C)C)s1.Cn1cc(C(C)(C)C)sc1=O. The Morgan fingerprint density at radius 2 is 0.932 bits per heavy atom. The maximum Gasteiger partial charge on any atom is 0.406 e. The number of hydrogen-bond acceptors (Lipinski definition) is 35. The molecule has 1 aromatic carbocycles. The first-order valence-corrected chi connectivity index (χ1v) is 59.0. The van der Waals surface area contributed by atoms with Crippen molar-refractivity contribution in [2.45, 2.75) is 410 Å². The van der Waals surface area contributed by atoms with Crippen molar-refractivity contribution in [3.8, 4) is 37.1 Å². The maximum atomic E-state index is 12.1. The van der Waals surface area contributed by atoms with Crippen LogP contribution in [0.5, 0.6) is 26.5 Å². The van der Waals surface area contributed by atoms with E-state index in [0.717, 1.165) is 108 Å². The maximum absolute atomic E-state index is 12.1. The van der Waals surface area contributed by atoms with Crippen LogP contribution in [0.15, 0.2) is 92.2 Å². The zero-order valence-corrected chi connectivity index (χ0v) is 104. The molecule has 3 N–H and O–H groups in total. The zero-order valence-electron chi connectivity index (χ0n) is 93.7. The fourth-order valence-electron chi connectivity index (χ4n) is 11.7.